The normalized spacial score (nSPS) is 17.5. The van der Waals surface area contributed by atoms with E-state index in [1.54, 1.807) is 43.7 Å². The van der Waals surface area contributed by atoms with Crippen molar-refractivity contribution in [3.8, 4) is 29.1 Å². The molecule has 5 rings (SSSR count). The van der Waals surface area contributed by atoms with Crippen molar-refractivity contribution in [1.29, 1.82) is 0 Å². The van der Waals surface area contributed by atoms with Crippen LogP contribution in [0.25, 0.3) is 0 Å². The van der Waals surface area contributed by atoms with Crippen LogP contribution in [0, 0.1) is 17.8 Å². The summed E-state index contributed by atoms with van der Waals surface area (Å²) in [4.78, 5) is 35.8. The van der Waals surface area contributed by atoms with E-state index in [0.29, 0.717) is 28.9 Å². The van der Waals surface area contributed by atoms with Crippen molar-refractivity contribution < 1.29 is 23.8 Å². The number of nitrogens with zero attached hydrogens (tertiary/aromatic N) is 3. The second-order valence-corrected chi connectivity index (χ2v) is 8.74. The number of amides is 2. The lowest BCUT2D eigenvalue weighted by Gasteiger charge is -2.20. The van der Waals surface area contributed by atoms with E-state index in [2.05, 4.69) is 27.1 Å². The molecule has 1 atom stereocenters. The van der Waals surface area contributed by atoms with Gasteiger partial charge in [-0.25, -0.2) is 0 Å². The van der Waals surface area contributed by atoms with Crippen LogP contribution in [0.2, 0.25) is 0 Å². The Morgan fingerprint density at radius 3 is 2.81 bits per heavy atom. The van der Waals surface area contributed by atoms with Gasteiger partial charge in [0.25, 0.3) is 11.8 Å². The van der Waals surface area contributed by atoms with Crippen LogP contribution in [0.4, 0.5) is 5.69 Å². The van der Waals surface area contributed by atoms with Crippen LogP contribution in [-0.2, 0) is 9.53 Å². The Labute approximate surface area is 214 Å². The van der Waals surface area contributed by atoms with Gasteiger partial charge in [-0.05, 0) is 49.2 Å². The molecule has 2 aliphatic rings. The van der Waals surface area contributed by atoms with Crippen LogP contribution < -0.4 is 19.7 Å². The minimum absolute atomic E-state index is 0.0130. The third-order valence-electron chi connectivity index (χ3n) is 6.14. The van der Waals surface area contributed by atoms with E-state index in [0.717, 1.165) is 31.6 Å². The highest BCUT2D eigenvalue weighted by Crippen LogP contribution is 2.31. The number of nitrogens with one attached hydrogen (secondary N) is 1. The molecule has 0 bridgehead atoms. The predicted molar refractivity (Wildman–Crippen MR) is 136 cm³/mol. The van der Waals surface area contributed by atoms with Crippen molar-refractivity contribution in [3.63, 3.8) is 0 Å². The van der Waals surface area contributed by atoms with Crippen LogP contribution in [0.3, 0.4) is 0 Å². The summed E-state index contributed by atoms with van der Waals surface area (Å²) in [7, 11) is 1.66. The molecule has 1 fully saturated rings. The van der Waals surface area contributed by atoms with E-state index >= 15 is 0 Å². The van der Waals surface area contributed by atoms with E-state index in [-0.39, 0.29) is 18.2 Å². The Morgan fingerprint density at radius 1 is 1.14 bits per heavy atom. The summed E-state index contributed by atoms with van der Waals surface area (Å²) >= 11 is 0. The second kappa shape index (κ2) is 11.1. The first-order chi connectivity index (χ1) is 18.1. The lowest BCUT2D eigenvalue weighted by molar-refractivity contribution is -0.120. The lowest BCUT2D eigenvalue weighted by atomic mass is 10.0. The first-order valence-corrected chi connectivity index (χ1v) is 12.1. The van der Waals surface area contributed by atoms with Gasteiger partial charge >= 0.3 is 0 Å². The third-order valence-corrected chi connectivity index (χ3v) is 6.14. The maximum Gasteiger partial charge on any atom is 0.270 e. The molecule has 1 saturated heterocycles. The largest absolute Gasteiger partial charge is 0.489 e. The standard InChI is InChI=1S/C28H26N4O5/c1-32-25-15-20(5-4-19-9-13-35-14-10-19)6-7-26(25)36-18-24(28(32)34)31-27(33)23-16-21(8-12-30-23)37-22-3-2-11-29-17-22/h2-3,6-8,11-12,15-17,19,24H,9-10,13-14,18H2,1H3,(H,31,33)/t24-/m0/s1. The molecule has 3 aromatic rings. The van der Waals surface area contributed by atoms with Gasteiger partial charge in [0, 0.05) is 50.2 Å². The minimum atomic E-state index is -0.897. The van der Waals surface area contributed by atoms with Gasteiger partial charge in [-0.2, -0.15) is 0 Å². The third kappa shape index (κ3) is 5.88. The van der Waals surface area contributed by atoms with Gasteiger partial charge in [0.05, 0.1) is 11.9 Å². The Balaban J connectivity index is 1.27. The van der Waals surface area contributed by atoms with Crippen LogP contribution in [0.5, 0.6) is 17.2 Å². The maximum atomic E-state index is 13.2. The number of ether oxygens (including phenoxy) is 3. The van der Waals surface area contributed by atoms with Crippen molar-refractivity contribution in [3.05, 3.63) is 72.3 Å². The van der Waals surface area contributed by atoms with E-state index in [9.17, 15) is 9.59 Å². The summed E-state index contributed by atoms with van der Waals surface area (Å²) in [5, 5.41) is 2.74. The zero-order chi connectivity index (χ0) is 25.6. The molecule has 2 aromatic heterocycles. The molecule has 0 aliphatic carbocycles. The molecule has 1 aromatic carbocycles. The molecule has 1 N–H and O–H groups in total. The van der Waals surface area contributed by atoms with Crippen LogP contribution in [0.15, 0.2) is 61.1 Å². The number of hydrogen-bond acceptors (Lipinski definition) is 7. The van der Waals surface area contributed by atoms with E-state index in [4.69, 9.17) is 14.2 Å². The molecule has 9 nitrogen and oxygen atoms in total. The highest BCUT2D eigenvalue weighted by Gasteiger charge is 2.31. The van der Waals surface area contributed by atoms with Crippen LogP contribution in [-0.4, -0.2) is 54.7 Å². The van der Waals surface area contributed by atoms with Gasteiger partial charge in [0.2, 0.25) is 0 Å². The number of hydrogen-bond donors (Lipinski definition) is 1. The van der Waals surface area contributed by atoms with Crippen molar-refractivity contribution in [2.24, 2.45) is 5.92 Å². The lowest BCUT2D eigenvalue weighted by Crippen LogP contribution is -2.49. The summed E-state index contributed by atoms with van der Waals surface area (Å²) < 4.78 is 17.0. The maximum absolute atomic E-state index is 13.2. The summed E-state index contributed by atoms with van der Waals surface area (Å²) in [6, 6.07) is 11.3. The smallest absolute Gasteiger partial charge is 0.270 e. The molecule has 0 saturated carbocycles. The number of benzene rings is 1. The highest BCUT2D eigenvalue weighted by atomic mass is 16.5. The number of carbonyl (C=O) groups is 2. The van der Waals surface area contributed by atoms with Gasteiger partial charge < -0.3 is 24.4 Å². The predicted octanol–water partition coefficient (Wildman–Crippen LogP) is 3.20. The fourth-order valence-electron chi connectivity index (χ4n) is 4.08. The number of aromatic nitrogens is 2. The summed E-state index contributed by atoms with van der Waals surface area (Å²) in [6.07, 6.45) is 6.53. The fraction of sp³-hybridized carbons (Fsp3) is 0.286. The van der Waals surface area contributed by atoms with Crippen molar-refractivity contribution >= 4 is 17.5 Å². The molecule has 2 aliphatic heterocycles. The average molecular weight is 499 g/mol. The molecular weight excluding hydrogens is 472 g/mol. The average Bonchev–Trinajstić information content (AvgIpc) is 3.05. The van der Waals surface area contributed by atoms with E-state index < -0.39 is 11.9 Å². The number of pyridine rings is 2. The first-order valence-electron chi connectivity index (χ1n) is 12.1. The molecule has 188 valence electrons. The van der Waals surface area contributed by atoms with Crippen molar-refractivity contribution in [1.82, 2.24) is 15.3 Å². The first kappa shape index (κ1) is 24.3. The Bertz CT molecular complexity index is 1350. The molecule has 2 amide bonds. The fourth-order valence-corrected chi connectivity index (χ4v) is 4.08. The monoisotopic (exact) mass is 498 g/mol. The molecule has 9 heteroatoms. The summed E-state index contributed by atoms with van der Waals surface area (Å²) in [5.74, 6) is 7.53. The van der Waals surface area contributed by atoms with Gasteiger partial charge in [0.15, 0.2) is 0 Å². The van der Waals surface area contributed by atoms with Crippen molar-refractivity contribution in [2.45, 2.75) is 18.9 Å². The minimum Gasteiger partial charge on any atom is -0.489 e. The molecular formula is C28H26N4O5. The van der Waals surface area contributed by atoms with Gasteiger partial charge in [-0.3, -0.25) is 19.6 Å². The van der Waals surface area contributed by atoms with Crippen LogP contribution in [0.1, 0.15) is 28.9 Å². The Hall–Kier alpha value is -4.42. The van der Waals surface area contributed by atoms with E-state index in [1.807, 2.05) is 12.1 Å². The number of rotatable bonds is 4. The highest BCUT2D eigenvalue weighted by molar-refractivity contribution is 6.03. The van der Waals surface area contributed by atoms with Gasteiger partial charge in [-0.15, -0.1) is 0 Å². The number of anilines is 1. The summed E-state index contributed by atoms with van der Waals surface area (Å²) in [6.45, 7) is 1.46. The second-order valence-electron chi connectivity index (χ2n) is 8.74. The van der Waals surface area contributed by atoms with E-state index in [1.165, 1.54) is 17.2 Å². The summed E-state index contributed by atoms with van der Waals surface area (Å²) in [5.41, 5.74) is 1.51. The van der Waals surface area contributed by atoms with Gasteiger partial charge in [-0.1, -0.05) is 11.8 Å². The molecule has 0 radical (unpaired) electrons. The number of likely N-dealkylation sites (N-methyl/N-ethyl adjacent to an activating group) is 1. The molecule has 37 heavy (non-hydrogen) atoms. The molecule has 0 spiro atoms. The number of fused-ring (bicyclic) bond motifs is 1. The Morgan fingerprint density at radius 2 is 2.00 bits per heavy atom. The van der Waals surface area contributed by atoms with Crippen molar-refractivity contribution in [2.75, 3.05) is 31.8 Å². The van der Waals surface area contributed by atoms with Crippen LogP contribution >= 0.6 is 0 Å². The quantitative estimate of drug-likeness (QED) is 0.551. The topological polar surface area (TPSA) is 103 Å². The number of carbonyl (C=O) groups excluding carboxylic acids is 2. The molecule has 4 heterocycles. The Kier molecular flexibility index (Phi) is 7.28. The molecule has 0 unspecified atom stereocenters. The van der Waals surface area contributed by atoms with Gasteiger partial charge in [0.1, 0.15) is 35.6 Å². The zero-order valence-corrected chi connectivity index (χ0v) is 20.3. The SMILES string of the molecule is CN1C(=O)[C@@H](NC(=O)c2cc(Oc3cccnc3)ccn2)COc2ccc(C#CC3CCOCC3)cc21. The zero-order valence-electron chi connectivity index (χ0n) is 20.3.